The Morgan fingerprint density at radius 2 is 2.12 bits per heavy atom. The lowest BCUT2D eigenvalue weighted by atomic mass is 10.1. The largest absolute Gasteiger partial charge is 0.399 e. The van der Waals surface area contributed by atoms with E-state index in [0.717, 1.165) is 10.6 Å². The predicted molar refractivity (Wildman–Crippen MR) is 68.2 cm³/mol. The van der Waals surface area contributed by atoms with Crippen molar-refractivity contribution in [2.75, 3.05) is 11.1 Å². The zero-order valence-corrected chi connectivity index (χ0v) is 10.3. The first-order valence-corrected chi connectivity index (χ1v) is 5.85. The molecule has 0 aliphatic rings. The van der Waals surface area contributed by atoms with Crippen LogP contribution in [0.5, 0.6) is 0 Å². The number of nitrogens with two attached hydrogens (primary N) is 1. The molecule has 0 radical (unpaired) electrons. The van der Waals surface area contributed by atoms with E-state index < -0.39 is 0 Å². The van der Waals surface area contributed by atoms with E-state index in [1.54, 1.807) is 18.2 Å². The minimum atomic E-state index is -0.204. The fourth-order valence-corrected chi connectivity index (χ4v) is 1.92. The van der Waals surface area contributed by atoms with E-state index in [9.17, 15) is 4.79 Å². The van der Waals surface area contributed by atoms with Gasteiger partial charge in [0, 0.05) is 11.3 Å². The number of benzene rings is 1. The molecule has 0 saturated carbocycles. The number of hydrogen-bond donors (Lipinski definition) is 2. The van der Waals surface area contributed by atoms with Crippen molar-refractivity contribution in [2.45, 2.75) is 13.8 Å². The van der Waals surface area contributed by atoms with Crippen molar-refractivity contribution in [3.8, 4) is 0 Å². The molecule has 17 heavy (non-hydrogen) atoms. The molecule has 1 aromatic carbocycles. The van der Waals surface area contributed by atoms with Gasteiger partial charge in [0.05, 0.1) is 0 Å². The number of nitrogens with one attached hydrogen (secondary N) is 1. The van der Waals surface area contributed by atoms with E-state index in [2.05, 4.69) is 15.5 Å². The smallest absolute Gasteiger partial charge is 0.257 e. The van der Waals surface area contributed by atoms with E-state index in [1.807, 2.05) is 13.8 Å². The van der Waals surface area contributed by atoms with Crippen LogP contribution in [0.1, 0.15) is 20.9 Å². The summed E-state index contributed by atoms with van der Waals surface area (Å²) in [6, 6.07) is 5.15. The summed E-state index contributed by atoms with van der Waals surface area (Å²) in [6.45, 7) is 3.70. The van der Waals surface area contributed by atoms with E-state index in [1.165, 1.54) is 11.3 Å². The first-order valence-electron chi connectivity index (χ1n) is 5.04. The lowest BCUT2D eigenvalue weighted by Gasteiger charge is -2.04. The van der Waals surface area contributed by atoms with E-state index in [4.69, 9.17) is 5.73 Å². The highest BCUT2D eigenvalue weighted by Crippen LogP contribution is 2.17. The summed E-state index contributed by atoms with van der Waals surface area (Å²) in [5.41, 5.74) is 7.81. The third kappa shape index (κ3) is 2.59. The number of hydrogen-bond acceptors (Lipinski definition) is 5. The Morgan fingerprint density at radius 1 is 1.35 bits per heavy atom. The number of rotatable bonds is 2. The molecule has 1 amide bonds. The van der Waals surface area contributed by atoms with Gasteiger partial charge < -0.3 is 5.73 Å². The number of carbonyl (C=O) groups excluding carboxylic acids is 1. The number of amides is 1. The topological polar surface area (TPSA) is 80.9 Å². The first-order chi connectivity index (χ1) is 8.06. The van der Waals surface area contributed by atoms with Crippen LogP contribution in [-0.2, 0) is 0 Å². The summed E-state index contributed by atoms with van der Waals surface area (Å²) in [7, 11) is 0. The van der Waals surface area contributed by atoms with Crippen LogP contribution in [0.4, 0.5) is 10.8 Å². The quantitative estimate of drug-likeness (QED) is 0.796. The number of anilines is 2. The van der Waals surface area contributed by atoms with Gasteiger partial charge in [0.15, 0.2) is 0 Å². The van der Waals surface area contributed by atoms with Crippen LogP contribution in [-0.4, -0.2) is 16.1 Å². The van der Waals surface area contributed by atoms with Crippen molar-refractivity contribution in [1.82, 2.24) is 10.2 Å². The highest BCUT2D eigenvalue weighted by molar-refractivity contribution is 7.15. The molecule has 3 N–H and O–H groups in total. The molecule has 5 nitrogen and oxygen atoms in total. The van der Waals surface area contributed by atoms with Gasteiger partial charge in [0.1, 0.15) is 5.01 Å². The molecule has 0 aliphatic carbocycles. The molecule has 0 unspecified atom stereocenters. The maximum atomic E-state index is 11.9. The second-order valence-corrected chi connectivity index (χ2v) is 4.83. The SMILES string of the molecule is Cc1nnc(NC(=O)c2ccc(N)c(C)c2)s1. The molecule has 0 bridgehead atoms. The Labute approximate surface area is 103 Å². The molecule has 6 heteroatoms. The van der Waals surface area contributed by atoms with E-state index >= 15 is 0 Å². The molecule has 88 valence electrons. The average Bonchev–Trinajstić information content (AvgIpc) is 2.68. The fourth-order valence-electron chi connectivity index (χ4n) is 1.33. The normalized spacial score (nSPS) is 10.2. The highest BCUT2D eigenvalue weighted by Gasteiger charge is 2.09. The van der Waals surface area contributed by atoms with Crippen LogP contribution in [0.25, 0.3) is 0 Å². The van der Waals surface area contributed by atoms with Crippen molar-refractivity contribution in [2.24, 2.45) is 0 Å². The minimum absolute atomic E-state index is 0.204. The van der Waals surface area contributed by atoms with Crippen molar-refractivity contribution >= 4 is 28.1 Å². The second-order valence-electron chi connectivity index (χ2n) is 3.65. The third-order valence-electron chi connectivity index (χ3n) is 2.28. The van der Waals surface area contributed by atoms with E-state index in [0.29, 0.717) is 16.4 Å². The lowest BCUT2D eigenvalue weighted by Crippen LogP contribution is -2.12. The monoisotopic (exact) mass is 248 g/mol. The zero-order valence-electron chi connectivity index (χ0n) is 9.52. The number of aryl methyl sites for hydroxylation is 2. The average molecular weight is 248 g/mol. The Balaban J connectivity index is 2.17. The predicted octanol–water partition coefficient (Wildman–Crippen LogP) is 1.99. The molecule has 0 spiro atoms. The van der Waals surface area contributed by atoms with Gasteiger partial charge in [-0.2, -0.15) is 0 Å². The highest BCUT2D eigenvalue weighted by atomic mass is 32.1. The molecular weight excluding hydrogens is 236 g/mol. The third-order valence-corrected chi connectivity index (χ3v) is 3.03. The van der Waals surface area contributed by atoms with Gasteiger partial charge in [-0.1, -0.05) is 11.3 Å². The standard InChI is InChI=1S/C11H12N4OS/c1-6-5-8(3-4-9(6)12)10(16)13-11-15-14-7(2)17-11/h3-5H,12H2,1-2H3,(H,13,15,16). The number of nitrogen functional groups attached to an aromatic ring is 1. The van der Waals surface area contributed by atoms with Gasteiger partial charge in [-0.05, 0) is 37.6 Å². The Hall–Kier alpha value is -1.95. The molecule has 0 aliphatic heterocycles. The molecule has 0 atom stereocenters. The summed E-state index contributed by atoms with van der Waals surface area (Å²) in [4.78, 5) is 11.9. The van der Waals surface area contributed by atoms with Crippen molar-refractivity contribution in [3.05, 3.63) is 34.3 Å². The number of nitrogens with zero attached hydrogens (tertiary/aromatic N) is 2. The second kappa shape index (κ2) is 4.50. The zero-order chi connectivity index (χ0) is 12.4. The Morgan fingerprint density at radius 3 is 2.71 bits per heavy atom. The maximum Gasteiger partial charge on any atom is 0.257 e. The number of aromatic nitrogens is 2. The first kappa shape index (κ1) is 11.5. The van der Waals surface area contributed by atoms with Crippen molar-refractivity contribution in [3.63, 3.8) is 0 Å². The van der Waals surface area contributed by atoms with Gasteiger partial charge in [0.25, 0.3) is 5.91 Å². The van der Waals surface area contributed by atoms with Gasteiger partial charge in [-0.3, -0.25) is 10.1 Å². The molecule has 0 saturated heterocycles. The lowest BCUT2D eigenvalue weighted by molar-refractivity contribution is 0.102. The van der Waals surface area contributed by atoms with Gasteiger partial charge in [-0.15, -0.1) is 10.2 Å². The van der Waals surface area contributed by atoms with Crippen molar-refractivity contribution < 1.29 is 4.79 Å². The van der Waals surface area contributed by atoms with Crippen LogP contribution in [0, 0.1) is 13.8 Å². The molecule has 2 rings (SSSR count). The summed E-state index contributed by atoms with van der Waals surface area (Å²) >= 11 is 1.34. The molecule has 2 aromatic rings. The van der Waals surface area contributed by atoms with Crippen LogP contribution in [0.15, 0.2) is 18.2 Å². The van der Waals surface area contributed by atoms with Gasteiger partial charge in [0.2, 0.25) is 5.13 Å². The van der Waals surface area contributed by atoms with Crippen LogP contribution in [0.2, 0.25) is 0 Å². The Bertz CT molecular complexity index is 564. The van der Waals surface area contributed by atoms with Gasteiger partial charge >= 0.3 is 0 Å². The fraction of sp³-hybridized carbons (Fsp3) is 0.182. The summed E-state index contributed by atoms with van der Waals surface area (Å²) in [6.07, 6.45) is 0. The molecule has 0 fully saturated rings. The minimum Gasteiger partial charge on any atom is -0.399 e. The van der Waals surface area contributed by atoms with Crippen LogP contribution < -0.4 is 11.1 Å². The molecule has 1 aromatic heterocycles. The summed E-state index contributed by atoms with van der Waals surface area (Å²) in [5.74, 6) is -0.204. The summed E-state index contributed by atoms with van der Waals surface area (Å²) < 4.78 is 0. The molecular formula is C11H12N4OS. The van der Waals surface area contributed by atoms with Crippen LogP contribution in [0.3, 0.4) is 0 Å². The summed E-state index contributed by atoms with van der Waals surface area (Å²) in [5, 5.41) is 11.7. The van der Waals surface area contributed by atoms with E-state index in [-0.39, 0.29) is 5.91 Å². The molecule has 1 heterocycles. The maximum absolute atomic E-state index is 11.9. The Kier molecular flexibility index (Phi) is 3.06. The number of carbonyl (C=O) groups is 1. The van der Waals surface area contributed by atoms with Crippen molar-refractivity contribution in [1.29, 1.82) is 0 Å². The van der Waals surface area contributed by atoms with Crippen LogP contribution >= 0.6 is 11.3 Å². The van der Waals surface area contributed by atoms with Gasteiger partial charge in [-0.25, -0.2) is 0 Å².